The highest BCUT2D eigenvalue weighted by molar-refractivity contribution is 5.81. The summed E-state index contributed by atoms with van der Waals surface area (Å²) in [6, 6.07) is 15.1. The lowest BCUT2D eigenvalue weighted by Gasteiger charge is -2.25. The highest BCUT2D eigenvalue weighted by atomic mass is 16.6. The first-order valence-corrected chi connectivity index (χ1v) is 9.34. The van der Waals surface area contributed by atoms with Crippen molar-refractivity contribution in [1.82, 2.24) is 14.9 Å². The Morgan fingerprint density at radius 1 is 1.14 bits per heavy atom. The van der Waals surface area contributed by atoms with Crippen molar-refractivity contribution in [3.8, 4) is 11.1 Å². The van der Waals surface area contributed by atoms with Gasteiger partial charge in [-0.2, -0.15) is 0 Å². The number of likely N-dealkylation sites (N-methyl/N-ethyl adjacent to an activating group) is 1. The van der Waals surface area contributed by atoms with E-state index in [1.165, 1.54) is 13.4 Å². The molecule has 148 valence electrons. The number of benzene rings is 2. The minimum Gasteiger partial charge on any atom is -0.480 e. The molecule has 7 nitrogen and oxygen atoms in total. The minimum atomic E-state index is -1.10. The summed E-state index contributed by atoms with van der Waals surface area (Å²) in [7, 11) is 1.44. The summed E-state index contributed by atoms with van der Waals surface area (Å²) in [6.45, 7) is 0.146. The van der Waals surface area contributed by atoms with Gasteiger partial charge in [0.2, 0.25) is 0 Å². The molecule has 1 aliphatic carbocycles. The van der Waals surface area contributed by atoms with Crippen molar-refractivity contribution >= 4 is 12.1 Å². The van der Waals surface area contributed by atoms with Gasteiger partial charge in [0.1, 0.15) is 12.6 Å². The summed E-state index contributed by atoms with van der Waals surface area (Å²) < 4.78 is 5.55. The fraction of sp³-hybridized carbons (Fsp3) is 0.227. The van der Waals surface area contributed by atoms with Crippen LogP contribution < -0.4 is 0 Å². The summed E-state index contributed by atoms with van der Waals surface area (Å²) in [5.74, 6) is -1.17. The second-order valence-corrected chi connectivity index (χ2v) is 7.05. The van der Waals surface area contributed by atoms with Crippen molar-refractivity contribution < 1.29 is 19.4 Å². The van der Waals surface area contributed by atoms with Gasteiger partial charge in [0.25, 0.3) is 0 Å². The molecule has 0 unspecified atom stereocenters. The molecule has 7 heteroatoms. The number of carbonyl (C=O) groups is 2. The first-order chi connectivity index (χ1) is 14.1. The predicted octanol–water partition coefficient (Wildman–Crippen LogP) is 3.29. The van der Waals surface area contributed by atoms with E-state index in [0.29, 0.717) is 5.69 Å². The van der Waals surface area contributed by atoms with E-state index in [1.807, 2.05) is 36.4 Å². The summed E-state index contributed by atoms with van der Waals surface area (Å²) in [5.41, 5.74) is 5.13. The smallest absolute Gasteiger partial charge is 0.410 e. The van der Waals surface area contributed by atoms with E-state index in [9.17, 15) is 14.7 Å². The van der Waals surface area contributed by atoms with Gasteiger partial charge in [-0.3, -0.25) is 4.90 Å². The van der Waals surface area contributed by atoms with Crippen LogP contribution in [0.25, 0.3) is 11.1 Å². The number of carboxylic acid groups (broad SMARTS) is 1. The van der Waals surface area contributed by atoms with Crippen LogP contribution in [0.4, 0.5) is 4.79 Å². The zero-order valence-corrected chi connectivity index (χ0v) is 15.9. The van der Waals surface area contributed by atoms with Crippen LogP contribution in [0.3, 0.4) is 0 Å². The van der Waals surface area contributed by atoms with Crippen LogP contribution in [0.1, 0.15) is 22.7 Å². The normalized spacial score (nSPS) is 13.4. The van der Waals surface area contributed by atoms with Crippen molar-refractivity contribution in [2.75, 3.05) is 13.7 Å². The van der Waals surface area contributed by atoms with Crippen LogP contribution in [0, 0.1) is 0 Å². The summed E-state index contributed by atoms with van der Waals surface area (Å²) >= 11 is 0. The van der Waals surface area contributed by atoms with Gasteiger partial charge in [0.05, 0.1) is 6.33 Å². The number of H-pyrrole nitrogens is 1. The second-order valence-electron chi connectivity index (χ2n) is 7.05. The van der Waals surface area contributed by atoms with Gasteiger partial charge in [0, 0.05) is 31.3 Å². The van der Waals surface area contributed by atoms with Crippen LogP contribution in [0.5, 0.6) is 0 Å². The molecule has 1 amide bonds. The number of imidazole rings is 1. The number of hydrogen-bond acceptors (Lipinski definition) is 4. The topological polar surface area (TPSA) is 95.5 Å². The summed E-state index contributed by atoms with van der Waals surface area (Å²) in [6.07, 6.45) is 2.47. The van der Waals surface area contributed by atoms with Crippen molar-refractivity contribution in [3.05, 3.63) is 77.9 Å². The predicted molar refractivity (Wildman–Crippen MR) is 107 cm³/mol. The van der Waals surface area contributed by atoms with Crippen molar-refractivity contribution in [3.63, 3.8) is 0 Å². The number of amides is 1. The largest absolute Gasteiger partial charge is 0.480 e. The lowest BCUT2D eigenvalue weighted by molar-refractivity contribution is -0.142. The summed E-state index contributed by atoms with van der Waals surface area (Å²) in [4.78, 5) is 32.2. The highest BCUT2D eigenvalue weighted by Crippen LogP contribution is 2.44. The molecule has 4 rings (SSSR count). The van der Waals surface area contributed by atoms with E-state index in [2.05, 4.69) is 22.1 Å². The summed E-state index contributed by atoms with van der Waals surface area (Å²) in [5, 5.41) is 9.55. The molecular formula is C22H21N3O4. The third-order valence-electron chi connectivity index (χ3n) is 5.34. The number of aromatic nitrogens is 2. The van der Waals surface area contributed by atoms with Crippen molar-refractivity contribution in [2.24, 2.45) is 0 Å². The molecule has 1 aliphatic rings. The maximum Gasteiger partial charge on any atom is 0.410 e. The Hall–Kier alpha value is -3.61. The first-order valence-electron chi connectivity index (χ1n) is 9.34. The Morgan fingerprint density at radius 3 is 2.31 bits per heavy atom. The van der Waals surface area contributed by atoms with Crippen LogP contribution >= 0.6 is 0 Å². The Bertz CT molecular complexity index is 987. The molecule has 1 aromatic heterocycles. The van der Waals surface area contributed by atoms with E-state index in [-0.39, 0.29) is 18.9 Å². The first kappa shape index (κ1) is 18.7. The van der Waals surface area contributed by atoms with Gasteiger partial charge in [-0.1, -0.05) is 48.5 Å². The van der Waals surface area contributed by atoms with Crippen molar-refractivity contribution in [1.29, 1.82) is 0 Å². The fourth-order valence-electron chi connectivity index (χ4n) is 3.82. The molecule has 1 atom stereocenters. The maximum atomic E-state index is 12.6. The van der Waals surface area contributed by atoms with Gasteiger partial charge >= 0.3 is 12.1 Å². The monoisotopic (exact) mass is 391 g/mol. The molecule has 0 saturated heterocycles. The number of carbonyl (C=O) groups excluding carboxylic acids is 1. The number of nitrogens with one attached hydrogen (secondary N) is 1. The van der Waals surface area contributed by atoms with E-state index in [1.54, 1.807) is 6.20 Å². The zero-order valence-electron chi connectivity index (χ0n) is 15.9. The molecule has 2 aromatic carbocycles. The van der Waals surface area contributed by atoms with E-state index >= 15 is 0 Å². The van der Waals surface area contributed by atoms with Gasteiger partial charge in [-0.15, -0.1) is 0 Å². The van der Waals surface area contributed by atoms with Gasteiger partial charge in [0.15, 0.2) is 0 Å². The average molecular weight is 391 g/mol. The molecule has 29 heavy (non-hydrogen) atoms. The van der Waals surface area contributed by atoms with Crippen LogP contribution in [-0.4, -0.2) is 51.7 Å². The second kappa shape index (κ2) is 7.79. The molecule has 0 radical (unpaired) electrons. The van der Waals surface area contributed by atoms with Gasteiger partial charge < -0.3 is 14.8 Å². The minimum absolute atomic E-state index is 0.0735. The number of hydrogen-bond donors (Lipinski definition) is 2. The number of carboxylic acids is 1. The molecular weight excluding hydrogens is 370 g/mol. The number of rotatable bonds is 6. The molecule has 0 saturated carbocycles. The van der Waals surface area contributed by atoms with E-state index < -0.39 is 18.1 Å². The third kappa shape index (κ3) is 3.59. The number of ether oxygens (including phenoxy) is 1. The molecule has 0 bridgehead atoms. The zero-order chi connectivity index (χ0) is 20.4. The standard InChI is InChI=1S/C22H21N3O4/c1-25(20(21(26)27)10-14-11-23-13-24-14)22(28)29-12-19-17-8-4-2-6-15(17)16-7-3-5-9-18(16)19/h2-9,11,13,19-20H,10,12H2,1H3,(H,23,24)(H,26,27)/t20-/m0/s1. The SMILES string of the molecule is CN(C(=O)OCC1c2ccccc2-c2ccccc21)[C@@H](Cc1cnc[nH]1)C(=O)O. The molecule has 1 heterocycles. The molecule has 2 N–H and O–H groups in total. The fourth-order valence-corrected chi connectivity index (χ4v) is 3.82. The Kier molecular flexibility index (Phi) is 5.03. The average Bonchev–Trinajstić information content (AvgIpc) is 3.36. The van der Waals surface area contributed by atoms with Crippen LogP contribution in [0.2, 0.25) is 0 Å². The van der Waals surface area contributed by atoms with Crippen LogP contribution in [-0.2, 0) is 16.0 Å². The molecule has 3 aromatic rings. The molecule has 0 spiro atoms. The van der Waals surface area contributed by atoms with E-state index in [0.717, 1.165) is 27.2 Å². The quantitative estimate of drug-likeness (QED) is 0.672. The van der Waals surface area contributed by atoms with Crippen molar-refractivity contribution in [2.45, 2.75) is 18.4 Å². The number of aromatic amines is 1. The lowest BCUT2D eigenvalue weighted by Crippen LogP contribution is -2.44. The van der Waals surface area contributed by atoms with E-state index in [4.69, 9.17) is 4.74 Å². The number of fused-ring (bicyclic) bond motifs is 3. The lowest BCUT2D eigenvalue weighted by atomic mass is 9.98. The maximum absolute atomic E-state index is 12.6. The Morgan fingerprint density at radius 2 is 1.76 bits per heavy atom. The van der Waals surface area contributed by atoms with Gasteiger partial charge in [-0.05, 0) is 22.3 Å². The Labute approximate surface area is 168 Å². The van der Waals surface area contributed by atoms with Gasteiger partial charge in [-0.25, -0.2) is 14.6 Å². The van der Waals surface area contributed by atoms with Crippen LogP contribution in [0.15, 0.2) is 61.1 Å². The third-order valence-corrected chi connectivity index (χ3v) is 5.34. The number of aliphatic carboxylic acids is 1. The molecule has 0 fully saturated rings. The molecule has 0 aliphatic heterocycles. The number of nitrogens with zero attached hydrogens (tertiary/aromatic N) is 2. The highest BCUT2D eigenvalue weighted by Gasteiger charge is 2.32. The Balaban J connectivity index is 1.48.